The van der Waals surface area contributed by atoms with Gasteiger partial charge in [-0.1, -0.05) is 23.7 Å². The Morgan fingerprint density at radius 1 is 1.27 bits per heavy atom. The number of ether oxygens (including phenoxy) is 1. The fraction of sp³-hybridized carbons (Fsp3) is 0.350. The number of carbonyl (C=O) groups excluding carboxylic acids is 1. The van der Waals surface area contributed by atoms with Crippen molar-refractivity contribution in [1.82, 2.24) is 10.2 Å². The highest BCUT2D eigenvalue weighted by Gasteiger charge is 2.24. The minimum atomic E-state index is -0.0935. The maximum atomic E-state index is 12.7. The highest BCUT2D eigenvalue weighted by molar-refractivity contribution is 14.1. The van der Waals surface area contributed by atoms with Crippen molar-refractivity contribution in [2.75, 3.05) is 26.7 Å². The summed E-state index contributed by atoms with van der Waals surface area (Å²) < 4.78 is 6.26. The van der Waals surface area contributed by atoms with Crippen molar-refractivity contribution in [3.05, 3.63) is 62.2 Å². The smallest absolute Gasteiger partial charge is 0.252 e. The molecule has 1 unspecified atom stereocenters. The van der Waals surface area contributed by atoms with Gasteiger partial charge < -0.3 is 10.1 Å². The van der Waals surface area contributed by atoms with Gasteiger partial charge in [-0.05, 0) is 84.4 Å². The molecule has 3 rings (SSSR count). The van der Waals surface area contributed by atoms with Crippen LogP contribution in [0.4, 0.5) is 0 Å². The van der Waals surface area contributed by atoms with E-state index in [2.05, 4.69) is 44.9 Å². The molecule has 26 heavy (non-hydrogen) atoms. The molecule has 0 saturated carbocycles. The van der Waals surface area contributed by atoms with E-state index < -0.39 is 0 Å². The Balaban J connectivity index is 1.77. The highest BCUT2D eigenvalue weighted by Crippen LogP contribution is 2.27. The zero-order valence-electron chi connectivity index (χ0n) is 14.7. The maximum absolute atomic E-state index is 12.7. The molecule has 2 aromatic carbocycles. The van der Waals surface area contributed by atoms with Gasteiger partial charge in [-0.15, -0.1) is 0 Å². The first kappa shape index (κ1) is 19.5. The lowest BCUT2D eigenvalue weighted by atomic mass is 10.0. The average molecular weight is 485 g/mol. The molecule has 1 fully saturated rings. The number of likely N-dealkylation sites (tertiary alicyclic amines) is 1. The van der Waals surface area contributed by atoms with Gasteiger partial charge in [0, 0.05) is 15.1 Å². The van der Waals surface area contributed by atoms with E-state index in [1.807, 2.05) is 18.2 Å². The molecule has 1 heterocycles. The summed E-state index contributed by atoms with van der Waals surface area (Å²) in [4.78, 5) is 15.1. The van der Waals surface area contributed by atoms with Crippen LogP contribution in [-0.4, -0.2) is 37.6 Å². The van der Waals surface area contributed by atoms with E-state index in [4.69, 9.17) is 16.3 Å². The van der Waals surface area contributed by atoms with Crippen LogP contribution < -0.4 is 10.1 Å². The molecule has 1 atom stereocenters. The summed E-state index contributed by atoms with van der Waals surface area (Å²) in [7, 11) is 1.67. The summed E-state index contributed by atoms with van der Waals surface area (Å²) in [5.74, 6) is 0.742. The van der Waals surface area contributed by atoms with Crippen molar-refractivity contribution in [1.29, 1.82) is 0 Å². The van der Waals surface area contributed by atoms with E-state index in [0.717, 1.165) is 28.0 Å². The van der Waals surface area contributed by atoms with E-state index in [0.29, 0.717) is 17.1 Å². The Labute approximate surface area is 173 Å². The Morgan fingerprint density at radius 2 is 2.04 bits per heavy atom. The molecule has 1 amide bonds. The molecule has 138 valence electrons. The van der Waals surface area contributed by atoms with Gasteiger partial charge in [0.2, 0.25) is 0 Å². The fourth-order valence-corrected chi connectivity index (χ4v) is 4.07. The van der Waals surface area contributed by atoms with Crippen LogP contribution in [0.2, 0.25) is 5.02 Å². The number of hydrogen-bond acceptors (Lipinski definition) is 3. The predicted molar refractivity (Wildman–Crippen MR) is 113 cm³/mol. The third-order valence-electron chi connectivity index (χ3n) is 4.69. The van der Waals surface area contributed by atoms with Gasteiger partial charge in [-0.3, -0.25) is 9.69 Å². The summed E-state index contributed by atoms with van der Waals surface area (Å²) in [5.41, 5.74) is 1.77. The minimum Gasteiger partial charge on any atom is -0.497 e. The Kier molecular flexibility index (Phi) is 6.78. The number of nitrogens with zero attached hydrogens (tertiary/aromatic N) is 1. The van der Waals surface area contributed by atoms with E-state index in [1.165, 1.54) is 12.8 Å². The third-order valence-corrected chi connectivity index (χ3v) is 5.86. The summed E-state index contributed by atoms with van der Waals surface area (Å²) in [5, 5.41) is 3.66. The van der Waals surface area contributed by atoms with Gasteiger partial charge in [0.1, 0.15) is 5.75 Å². The number of hydrogen-bond donors (Lipinski definition) is 1. The lowest BCUT2D eigenvalue weighted by molar-refractivity contribution is 0.0937. The van der Waals surface area contributed by atoms with Crippen LogP contribution in [0.25, 0.3) is 0 Å². The van der Waals surface area contributed by atoms with Gasteiger partial charge in [0.15, 0.2) is 0 Å². The van der Waals surface area contributed by atoms with Crippen molar-refractivity contribution in [2.24, 2.45) is 0 Å². The van der Waals surface area contributed by atoms with Crippen LogP contribution in [-0.2, 0) is 0 Å². The number of amides is 1. The Hall–Kier alpha value is -1.31. The fourth-order valence-electron chi connectivity index (χ4n) is 3.32. The quantitative estimate of drug-likeness (QED) is 0.613. The molecule has 1 aliphatic rings. The van der Waals surface area contributed by atoms with E-state index in [1.54, 1.807) is 19.2 Å². The molecule has 0 bridgehead atoms. The van der Waals surface area contributed by atoms with Crippen molar-refractivity contribution in [3.63, 3.8) is 0 Å². The molecule has 0 radical (unpaired) electrons. The van der Waals surface area contributed by atoms with E-state index in [-0.39, 0.29) is 11.9 Å². The third kappa shape index (κ3) is 4.69. The number of methoxy groups -OCH3 is 1. The Morgan fingerprint density at radius 3 is 2.77 bits per heavy atom. The van der Waals surface area contributed by atoms with Crippen LogP contribution in [0.15, 0.2) is 42.5 Å². The second kappa shape index (κ2) is 9.06. The maximum Gasteiger partial charge on any atom is 0.252 e. The average Bonchev–Trinajstić information content (AvgIpc) is 3.18. The number of rotatable bonds is 6. The first-order valence-electron chi connectivity index (χ1n) is 8.69. The van der Waals surface area contributed by atoms with Gasteiger partial charge >= 0.3 is 0 Å². The molecule has 0 aromatic heterocycles. The SMILES string of the molecule is COc1cccc(C(CNC(=O)c2cc(Cl)ccc2I)N2CCCC2)c1. The summed E-state index contributed by atoms with van der Waals surface area (Å²) >= 11 is 8.21. The number of halogens is 2. The summed E-state index contributed by atoms with van der Waals surface area (Å²) in [6, 6.07) is 13.6. The zero-order chi connectivity index (χ0) is 18.5. The molecule has 0 aliphatic carbocycles. The molecule has 6 heteroatoms. The van der Waals surface area contributed by atoms with Crippen LogP contribution in [0.1, 0.15) is 34.8 Å². The van der Waals surface area contributed by atoms with Crippen molar-refractivity contribution in [3.8, 4) is 5.75 Å². The van der Waals surface area contributed by atoms with Crippen molar-refractivity contribution in [2.45, 2.75) is 18.9 Å². The second-order valence-corrected chi connectivity index (χ2v) is 7.97. The molecule has 0 spiro atoms. The van der Waals surface area contributed by atoms with Crippen molar-refractivity contribution < 1.29 is 9.53 Å². The second-order valence-electron chi connectivity index (χ2n) is 6.37. The molecule has 1 N–H and O–H groups in total. The Bertz CT molecular complexity index is 778. The van der Waals surface area contributed by atoms with Crippen LogP contribution in [0.3, 0.4) is 0 Å². The van der Waals surface area contributed by atoms with Crippen LogP contribution in [0, 0.1) is 3.57 Å². The van der Waals surface area contributed by atoms with Gasteiger partial charge in [-0.2, -0.15) is 0 Å². The lowest BCUT2D eigenvalue weighted by Crippen LogP contribution is -2.37. The summed E-state index contributed by atoms with van der Waals surface area (Å²) in [6.07, 6.45) is 2.39. The van der Waals surface area contributed by atoms with Crippen LogP contribution >= 0.6 is 34.2 Å². The topological polar surface area (TPSA) is 41.6 Å². The van der Waals surface area contributed by atoms with E-state index >= 15 is 0 Å². The molecule has 1 aliphatic heterocycles. The molecular weight excluding hydrogens is 463 g/mol. The molecule has 2 aromatic rings. The van der Waals surface area contributed by atoms with Gasteiger partial charge in [0.25, 0.3) is 5.91 Å². The van der Waals surface area contributed by atoms with Gasteiger partial charge in [0.05, 0.1) is 18.7 Å². The predicted octanol–water partition coefficient (Wildman–Crippen LogP) is 4.52. The zero-order valence-corrected chi connectivity index (χ0v) is 17.6. The molecule has 1 saturated heterocycles. The number of nitrogens with one attached hydrogen (secondary N) is 1. The minimum absolute atomic E-state index is 0.0935. The first-order chi connectivity index (χ1) is 12.6. The highest BCUT2D eigenvalue weighted by atomic mass is 127. The monoisotopic (exact) mass is 484 g/mol. The first-order valence-corrected chi connectivity index (χ1v) is 10.2. The van der Waals surface area contributed by atoms with Gasteiger partial charge in [-0.25, -0.2) is 0 Å². The largest absolute Gasteiger partial charge is 0.497 e. The number of benzene rings is 2. The van der Waals surface area contributed by atoms with Crippen molar-refractivity contribution >= 4 is 40.1 Å². The number of carbonyl (C=O) groups is 1. The normalized spacial score (nSPS) is 15.7. The van der Waals surface area contributed by atoms with Crippen LogP contribution in [0.5, 0.6) is 5.75 Å². The summed E-state index contributed by atoms with van der Waals surface area (Å²) in [6.45, 7) is 2.65. The van der Waals surface area contributed by atoms with E-state index in [9.17, 15) is 4.79 Å². The standard InChI is InChI=1S/C20H22ClIN2O2/c1-26-16-6-4-5-14(11-16)19(24-9-2-3-10-24)13-23-20(25)17-12-15(21)7-8-18(17)22/h4-8,11-12,19H,2-3,9-10,13H2,1H3,(H,23,25). The molecular formula is C20H22ClIN2O2. The lowest BCUT2D eigenvalue weighted by Gasteiger charge is -2.28. The molecule has 4 nitrogen and oxygen atoms in total.